The molecule has 0 aromatic heterocycles. The quantitative estimate of drug-likeness (QED) is 0.867. The van der Waals surface area contributed by atoms with Crippen molar-refractivity contribution in [2.45, 2.75) is 53.0 Å². The fourth-order valence-corrected chi connectivity index (χ4v) is 3.19. The van der Waals surface area contributed by atoms with Crippen molar-refractivity contribution >= 4 is 17.3 Å². The Morgan fingerprint density at radius 3 is 2.45 bits per heavy atom. The summed E-state index contributed by atoms with van der Waals surface area (Å²) in [5.74, 6) is 1.37. The van der Waals surface area contributed by atoms with Gasteiger partial charge in [-0.25, -0.2) is 0 Å². The first-order chi connectivity index (χ1) is 9.47. The summed E-state index contributed by atoms with van der Waals surface area (Å²) in [4.78, 5) is 11.2. The standard InChI is InChI=1S/C17H26N2O/c1-11-8-9-15(10-16(11)18-14(4)20)19-17-12(2)6-5-7-13(17)3/h8-10,12-13,17,19H,5-7H2,1-4H3,(H,18,20). The molecular formula is C17H26N2O. The first-order valence-corrected chi connectivity index (χ1v) is 7.62. The maximum absolute atomic E-state index is 11.2. The highest BCUT2D eigenvalue weighted by Gasteiger charge is 2.27. The smallest absolute Gasteiger partial charge is 0.221 e. The van der Waals surface area contributed by atoms with E-state index < -0.39 is 0 Å². The molecule has 0 saturated heterocycles. The molecule has 0 radical (unpaired) electrons. The molecule has 1 amide bonds. The maximum Gasteiger partial charge on any atom is 0.221 e. The first kappa shape index (κ1) is 14.9. The van der Waals surface area contributed by atoms with Crippen LogP contribution in [0.1, 0.15) is 45.6 Å². The summed E-state index contributed by atoms with van der Waals surface area (Å²) in [6.07, 6.45) is 3.93. The largest absolute Gasteiger partial charge is 0.382 e. The van der Waals surface area contributed by atoms with Gasteiger partial charge in [0, 0.05) is 24.3 Å². The first-order valence-electron chi connectivity index (χ1n) is 7.62. The van der Waals surface area contributed by atoms with Crippen molar-refractivity contribution in [3.8, 4) is 0 Å². The zero-order valence-electron chi connectivity index (χ0n) is 13.0. The van der Waals surface area contributed by atoms with E-state index in [0.29, 0.717) is 17.9 Å². The Bertz CT molecular complexity index is 474. The van der Waals surface area contributed by atoms with E-state index in [1.54, 1.807) is 6.92 Å². The molecule has 2 rings (SSSR count). The Morgan fingerprint density at radius 2 is 1.85 bits per heavy atom. The van der Waals surface area contributed by atoms with Crippen LogP contribution >= 0.6 is 0 Å². The molecule has 1 aliphatic rings. The second-order valence-electron chi connectivity index (χ2n) is 6.27. The topological polar surface area (TPSA) is 41.1 Å². The second-order valence-corrected chi connectivity index (χ2v) is 6.27. The van der Waals surface area contributed by atoms with Gasteiger partial charge in [-0.1, -0.05) is 26.3 Å². The van der Waals surface area contributed by atoms with Gasteiger partial charge < -0.3 is 10.6 Å². The molecule has 1 saturated carbocycles. The molecule has 0 heterocycles. The van der Waals surface area contributed by atoms with Crippen LogP contribution in [0, 0.1) is 18.8 Å². The van der Waals surface area contributed by atoms with Gasteiger partial charge in [0.15, 0.2) is 0 Å². The fraction of sp³-hybridized carbons (Fsp3) is 0.588. The summed E-state index contributed by atoms with van der Waals surface area (Å²) in [6, 6.07) is 6.74. The van der Waals surface area contributed by atoms with E-state index in [1.165, 1.54) is 19.3 Å². The normalized spacial score (nSPS) is 26.1. The number of hydrogen-bond donors (Lipinski definition) is 2. The van der Waals surface area contributed by atoms with Crippen molar-refractivity contribution in [3.05, 3.63) is 23.8 Å². The van der Waals surface area contributed by atoms with Gasteiger partial charge in [0.1, 0.15) is 0 Å². The lowest BCUT2D eigenvalue weighted by molar-refractivity contribution is -0.114. The van der Waals surface area contributed by atoms with Gasteiger partial charge in [0.25, 0.3) is 0 Å². The lowest BCUT2D eigenvalue weighted by Gasteiger charge is -2.36. The number of hydrogen-bond acceptors (Lipinski definition) is 2. The van der Waals surface area contributed by atoms with Crippen LogP contribution in [0.15, 0.2) is 18.2 Å². The van der Waals surface area contributed by atoms with Crippen LogP contribution < -0.4 is 10.6 Å². The Kier molecular flexibility index (Phi) is 4.69. The minimum Gasteiger partial charge on any atom is -0.382 e. The molecule has 20 heavy (non-hydrogen) atoms. The molecule has 2 unspecified atom stereocenters. The van der Waals surface area contributed by atoms with Gasteiger partial charge in [0.05, 0.1) is 0 Å². The third-order valence-electron chi connectivity index (χ3n) is 4.43. The summed E-state index contributed by atoms with van der Waals surface area (Å²) < 4.78 is 0. The molecule has 1 aromatic rings. The molecule has 110 valence electrons. The molecule has 3 heteroatoms. The number of carbonyl (C=O) groups excluding carboxylic acids is 1. The highest BCUT2D eigenvalue weighted by Crippen LogP contribution is 2.32. The molecule has 1 aromatic carbocycles. The zero-order valence-corrected chi connectivity index (χ0v) is 13.0. The molecule has 0 bridgehead atoms. The van der Waals surface area contributed by atoms with Gasteiger partial charge in [-0.2, -0.15) is 0 Å². The van der Waals surface area contributed by atoms with Crippen LogP contribution in [0.25, 0.3) is 0 Å². The molecule has 2 N–H and O–H groups in total. The van der Waals surface area contributed by atoms with Crippen molar-refractivity contribution in [1.29, 1.82) is 0 Å². The molecule has 0 aliphatic heterocycles. The number of benzene rings is 1. The van der Waals surface area contributed by atoms with Crippen LogP contribution in [0.2, 0.25) is 0 Å². The van der Waals surface area contributed by atoms with Crippen LogP contribution in [0.5, 0.6) is 0 Å². The second kappa shape index (κ2) is 6.29. The van der Waals surface area contributed by atoms with E-state index in [4.69, 9.17) is 0 Å². The van der Waals surface area contributed by atoms with Crippen molar-refractivity contribution in [2.24, 2.45) is 11.8 Å². The number of nitrogens with one attached hydrogen (secondary N) is 2. The number of amides is 1. The van der Waals surface area contributed by atoms with Crippen molar-refractivity contribution < 1.29 is 4.79 Å². The van der Waals surface area contributed by atoms with Gasteiger partial charge >= 0.3 is 0 Å². The van der Waals surface area contributed by atoms with E-state index in [-0.39, 0.29) is 5.91 Å². The van der Waals surface area contributed by atoms with Crippen LogP contribution in [0.3, 0.4) is 0 Å². The number of anilines is 2. The van der Waals surface area contributed by atoms with Crippen LogP contribution in [-0.4, -0.2) is 11.9 Å². The summed E-state index contributed by atoms with van der Waals surface area (Å²) >= 11 is 0. The average molecular weight is 274 g/mol. The lowest BCUT2D eigenvalue weighted by Crippen LogP contribution is -2.37. The molecule has 0 spiro atoms. The predicted octanol–water partition coefficient (Wildman–Crippen LogP) is 4.19. The fourth-order valence-electron chi connectivity index (χ4n) is 3.19. The summed E-state index contributed by atoms with van der Waals surface area (Å²) in [7, 11) is 0. The van der Waals surface area contributed by atoms with E-state index in [9.17, 15) is 4.79 Å². The van der Waals surface area contributed by atoms with Gasteiger partial charge in [-0.3, -0.25) is 4.79 Å². The van der Waals surface area contributed by atoms with E-state index in [1.807, 2.05) is 13.0 Å². The van der Waals surface area contributed by atoms with Crippen molar-refractivity contribution in [2.75, 3.05) is 10.6 Å². The molecule has 1 fully saturated rings. The zero-order chi connectivity index (χ0) is 14.7. The monoisotopic (exact) mass is 274 g/mol. The average Bonchev–Trinajstić information content (AvgIpc) is 2.37. The molecule has 1 aliphatic carbocycles. The van der Waals surface area contributed by atoms with Crippen molar-refractivity contribution in [3.63, 3.8) is 0 Å². The third kappa shape index (κ3) is 3.53. The SMILES string of the molecule is CC(=O)Nc1cc(NC2C(C)CCCC2C)ccc1C. The molecular weight excluding hydrogens is 248 g/mol. The molecule has 3 nitrogen and oxygen atoms in total. The van der Waals surface area contributed by atoms with Crippen LogP contribution in [0.4, 0.5) is 11.4 Å². The van der Waals surface area contributed by atoms with Crippen LogP contribution in [-0.2, 0) is 4.79 Å². The Balaban J connectivity index is 2.14. The Labute approximate surface area is 122 Å². The van der Waals surface area contributed by atoms with Gasteiger partial charge in [-0.05, 0) is 49.3 Å². The molecule has 2 atom stereocenters. The van der Waals surface area contributed by atoms with E-state index >= 15 is 0 Å². The highest BCUT2D eigenvalue weighted by molar-refractivity contribution is 5.90. The summed E-state index contributed by atoms with van der Waals surface area (Å²) in [6.45, 7) is 8.22. The van der Waals surface area contributed by atoms with Gasteiger partial charge in [0.2, 0.25) is 5.91 Å². The lowest BCUT2D eigenvalue weighted by atomic mass is 9.78. The van der Waals surface area contributed by atoms with E-state index in [2.05, 4.69) is 36.6 Å². The third-order valence-corrected chi connectivity index (χ3v) is 4.43. The number of carbonyl (C=O) groups is 1. The summed E-state index contributed by atoms with van der Waals surface area (Å²) in [5, 5.41) is 6.56. The highest BCUT2D eigenvalue weighted by atomic mass is 16.1. The predicted molar refractivity (Wildman–Crippen MR) is 85.1 cm³/mol. The summed E-state index contributed by atoms with van der Waals surface area (Å²) in [5.41, 5.74) is 3.10. The minimum absolute atomic E-state index is 0.0235. The number of aryl methyl sites for hydroxylation is 1. The van der Waals surface area contributed by atoms with E-state index in [0.717, 1.165) is 16.9 Å². The maximum atomic E-state index is 11.2. The van der Waals surface area contributed by atoms with Crippen molar-refractivity contribution in [1.82, 2.24) is 0 Å². The number of rotatable bonds is 3. The van der Waals surface area contributed by atoms with Gasteiger partial charge in [-0.15, -0.1) is 0 Å². The minimum atomic E-state index is -0.0235. The Hall–Kier alpha value is -1.51. The Morgan fingerprint density at radius 1 is 1.20 bits per heavy atom.